The van der Waals surface area contributed by atoms with Crippen LogP contribution in [0.2, 0.25) is 0 Å². The fourth-order valence-corrected chi connectivity index (χ4v) is 2.64. The lowest BCUT2D eigenvalue weighted by Crippen LogP contribution is -2.34. The highest BCUT2D eigenvalue weighted by molar-refractivity contribution is 5.95. The van der Waals surface area contributed by atoms with Crippen molar-refractivity contribution >= 4 is 11.7 Å². The van der Waals surface area contributed by atoms with Crippen LogP contribution in [0.1, 0.15) is 24.2 Å². The second-order valence-corrected chi connectivity index (χ2v) is 5.25. The summed E-state index contributed by atoms with van der Waals surface area (Å²) in [7, 11) is 0. The van der Waals surface area contributed by atoms with Crippen molar-refractivity contribution in [3.8, 4) is 5.75 Å². The van der Waals surface area contributed by atoms with E-state index in [1.54, 1.807) is 4.68 Å². The number of anilines is 1. The molecule has 0 fully saturated rings. The molecule has 0 saturated heterocycles. The summed E-state index contributed by atoms with van der Waals surface area (Å²) in [6, 6.07) is 9.08. The van der Waals surface area contributed by atoms with Gasteiger partial charge in [-0.05, 0) is 19.9 Å². The van der Waals surface area contributed by atoms with Crippen LogP contribution in [-0.2, 0) is 11.3 Å². The molecule has 0 bridgehead atoms. The molecule has 1 aromatic carbocycles. The van der Waals surface area contributed by atoms with Gasteiger partial charge in [0.2, 0.25) is 5.91 Å². The number of hydrogen-bond donors (Lipinski definition) is 2. The van der Waals surface area contributed by atoms with Gasteiger partial charge in [-0.2, -0.15) is 5.10 Å². The van der Waals surface area contributed by atoms with E-state index in [-0.39, 0.29) is 5.91 Å². The lowest BCUT2D eigenvalue weighted by atomic mass is 10.1. The molecule has 1 aliphatic rings. The van der Waals surface area contributed by atoms with E-state index >= 15 is 0 Å². The Hall–Kier alpha value is -2.34. The van der Waals surface area contributed by atoms with Gasteiger partial charge in [0.1, 0.15) is 24.2 Å². The van der Waals surface area contributed by atoms with Crippen LogP contribution in [0.5, 0.6) is 5.75 Å². The van der Waals surface area contributed by atoms with Gasteiger partial charge in [0.15, 0.2) is 0 Å². The highest BCUT2D eigenvalue weighted by atomic mass is 16.5. The van der Waals surface area contributed by atoms with Gasteiger partial charge in [-0.1, -0.05) is 18.2 Å². The van der Waals surface area contributed by atoms with Gasteiger partial charge in [0, 0.05) is 24.7 Å². The zero-order chi connectivity index (χ0) is 15.5. The summed E-state index contributed by atoms with van der Waals surface area (Å²) in [5.41, 5.74) is 1.74. The highest BCUT2D eigenvalue weighted by Crippen LogP contribution is 2.27. The maximum atomic E-state index is 12.7. The van der Waals surface area contributed by atoms with Gasteiger partial charge in [0.25, 0.3) is 0 Å². The summed E-state index contributed by atoms with van der Waals surface area (Å²) in [5, 5.41) is 10.5. The number of aryl methyl sites for hydroxylation is 2. The number of ether oxygens (including phenoxy) is 1. The molecule has 1 amide bonds. The van der Waals surface area contributed by atoms with Crippen LogP contribution in [0.25, 0.3) is 0 Å². The summed E-state index contributed by atoms with van der Waals surface area (Å²) >= 11 is 0. The lowest BCUT2D eigenvalue weighted by Gasteiger charge is -2.17. The molecule has 1 unspecified atom stereocenters. The van der Waals surface area contributed by atoms with E-state index in [1.807, 2.05) is 44.2 Å². The fourth-order valence-electron chi connectivity index (χ4n) is 2.64. The van der Waals surface area contributed by atoms with Gasteiger partial charge in [0.05, 0.1) is 5.69 Å². The number of nitrogens with one attached hydrogen (secondary N) is 2. The van der Waals surface area contributed by atoms with Gasteiger partial charge in [-0.3, -0.25) is 10.1 Å². The van der Waals surface area contributed by atoms with Gasteiger partial charge in [-0.25, -0.2) is 4.68 Å². The predicted octanol–water partition coefficient (Wildman–Crippen LogP) is 1.87. The Balaban J connectivity index is 1.85. The Morgan fingerprint density at radius 1 is 1.50 bits per heavy atom. The van der Waals surface area contributed by atoms with E-state index in [0.29, 0.717) is 19.7 Å². The van der Waals surface area contributed by atoms with Gasteiger partial charge in [-0.15, -0.1) is 0 Å². The molecular formula is C16H20N4O2. The maximum absolute atomic E-state index is 12.7. The molecule has 2 N–H and O–H groups in total. The van der Waals surface area contributed by atoms with Crippen molar-refractivity contribution in [2.75, 3.05) is 18.5 Å². The highest BCUT2D eigenvalue weighted by Gasteiger charge is 2.26. The summed E-state index contributed by atoms with van der Waals surface area (Å²) < 4.78 is 7.45. The fraction of sp³-hybridized carbons (Fsp3) is 0.375. The predicted molar refractivity (Wildman–Crippen MR) is 83.9 cm³/mol. The first-order valence-corrected chi connectivity index (χ1v) is 7.49. The Morgan fingerprint density at radius 2 is 2.32 bits per heavy atom. The Kier molecular flexibility index (Phi) is 4.11. The zero-order valence-corrected chi connectivity index (χ0v) is 12.8. The number of benzene rings is 1. The van der Waals surface area contributed by atoms with Gasteiger partial charge >= 0.3 is 0 Å². The van der Waals surface area contributed by atoms with Crippen molar-refractivity contribution in [1.29, 1.82) is 0 Å². The molecule has 6 heteroatoms. The number of hydrogen-bond acceptors (Lipinski definition) is 4. The second-order valence-electron chi connectivity index (χ2n) is 5.25. The third-order valence-corrected chi connectivity index (χ3v) is 3.65. The lowest BCUT2D eigenvalue weighted by molar-refractivity contribution is -0.118. The SMILES string of the molecule is CCn1nc(C)cc1NC(=O)C1NCCOc2ccccc21. The summed E-state index contributed by atoms with van der Waals surface area (Å²) in [6.45, 7) is 5.79. The number of nitrogens with zero attached hydrogens (tertiary/aromatic N) is 2. The minimum absolute atomic E-state index is 0.104. The van der Waals surface area contributed by atoms with E-state index in [2.05, 4.69) is 15.7 Å². The number of fused-ring (bicyclic) bond motifs is 1. The monoisotopic (exact) mass is 300 g/mol. The standard InChI is InChI=1S/C16H20N4O2/c1-3-20-14(10-11(2)19-20)18-16(21)15-12-6-4-5-7-13(12)22-9-8-17-15/h4-7,10,15,17H,3,8-9H2,1-2H3,(H,18,21). The van der Waals surface area contributed by atoms with Crippen molar-refractivity contribution in [2.24, 2.45) is 0 Å². The average molecular weight is 300 g/mol. The van der Waals surface area contributed by atoms with Crippen LogP contribution in [0.4, 0.5) is 5.82 Å². The summed E-state index contributed by atoms with van der Waals surface area (Å²) in [6.07, 6.45) is 0. The van der Waals surface area contributed by atoms with Crippen molar-refractivity contribution < 1.29 is 9.53 Å². The van der Waals surface area contributed by atoms with Crippen LogP contribution in [0.15, 0.2) is 30.3 Å². The van der Waals surface area contributed by atoms with E-state index in [0.717, 1.165) is 22.8 Å². The molecule has 0 spiro atoms. The Morgan fingerprint density at radius 3 is 3.14 bits per heavy atom. The number of para-hydroxylation sites is 1. The first kappa shape index (κ1) is 14.6. The Labute approximate surface area is 129 Å². The zero-order valence-electron chi connectivity index (χ0n) is 12.8. The van der Waals surface area contributed by atoms with Crippen LogP contribution in [-0.4, -0.2) is 28.8 Å². The van der Waals surface area contributed by atoms with Crippen LogP contribution in [0, 0.1) is 6.92 Å². The third-order valence-electron chi connectivity index (χ3n) is 3.65. The van der Waals surface area contributed by atoms with Crippen molar-refractivity contribution in [3.63, 3.8) is 0 Å². The van der Waals surface area contributed by atoms with Crippen LogP contribution >= 0.6 is 0 Å². The number of carbonyl (C=O) groups excluding carboxylic acids is 1. The molecule has 0 saturated carbocycles. The number of carbonyl (C=O) groups is 1. The molecular weight excluding hydrogens is 280 g/mol. The van der Waals surface area contributed by atoms with Crippen LogP contribution < -0.4 is 15.4 Å². The third kappa shape index (κ3) is 2.82. The largest absolute Gasteiger partial charge is 0.492 e. The maximum Gasteiger partial charge on any atom is 0.247 e. The minimum Gasteiger partial charge on any atom is -0.492 e. The number of rotatable bonds is 3. The normalized spacial score (nSPS) is 17.3. The van der Waals surface area contributed by atoms with Crippen LogP contribution in [0.3, 0.4) is 0 Å². The van der Waals surface area contributed by atoms with E-state index < -0.39 is 6.04 Å². The topological polar surface area (TPSA) is 68.2 Å². The first-order chi connectivity index (χ1) is 10.7. The molecule has 0 radical (unpaired) electrons. The summed E-state index contributed by atoms with van der Waals surface area (Å²) in [5.74, 6) is 1.37. The number of amides is 1. The molecule has 1 atom stereocenters. The van der Waals surface area contributed by atoms with Gasteiger partial charge < -0.3 is 10.1 Å². The van der Waals surface area contributed by atoms with Crippen molar-refractivity contribution in [1.82, 2.24) is 15.1 Å². The molecule has 2 aromatic rings. The molecule has 116 valence electrons. The summed E-state index contributed by atoms with van der Waals surface area (Å²) in [4.78, 5) is 12.7. The minimum atomic E-state index is -0.431. The second kappa shape index (κ2) is 6.19. The van der Waals surface area contributed by atoms with E-state index in [4.69, 9.17) is 4.74 Å². The van der Waals surface area contributed by atoms with E-state index in [9.17, 15) is 4.79 Å². The quantitative estimate of drug-likeness (QED) is 0.908. The molecule has 2 heterocycles. The molecule has 3 rings (SSSR count). The number of aromatic nitrogens is 2. The molecule has 1 aromatic heterocycles. The smallest absolute Gasteiger partial charge is 0.247 e. The molecule has 22 heavy (non-hydrogen) atoms. The van der Waals surface area contributed by atoms with Crippen molar-refractivity contribution in [2.45, 2.75) is 26.4 Å². The van der Waals surface area contributed by atoms with E-state index in [1.165, 1.54) is 0 Å². The van der Waals surface area contributed by atoms with Crippen molar-refractivity contribution in [3.05, 3.63) is 41.6 Å². The molecule has 1 aliphatic heterocycles. The molecule has 0 aliphatic carbocycles. The molecule has 6 nitrogen and oxygen atoms in total. The Bertz CT molecular complexity index is 681. The first-order valence-electron chi connectivity index (χ1n) is 7.49. The average Bonchev–Trinajstić information content (AvgIpc) is 2.74.